The Kier molecular flexibility index (Phi) is 4.91. The zero-order chi connectivity index (χ0) is 21.8. The molecule has 2 aliphatic rings. The maximum atomic E-state index is 13.2. The first-order valence-corrected chi connectivity index (χ1v) is 9.90. The van der Waals surface area contributed by atoms with Crippen molar-refractivity contribution in [1.29, 1.82) is 0 Å². The molecule has 10 heteroatoms. The lowest BCUT2D eigenvalue weighted by Gasteiger charge is -2.34. The highest BCUT2D eigenvalue weighted by molar-refractivity contribution is 5.84. The molecule has 4 rings (SSSR count). The van der Waals surface area contributed by atoms with Crippen molar-refractivity contribution in [2.75, 3.05) is 13.7 Å². The minimum Gasteiger partial charge on any atom is -0.479 e. The number of nitrogens with zero attached hydrogens (tertiary/aromatic N) is 3. The number of aromatic nitrogens is 3. The Labute approximate surface area is 174 Å². The van der Waals surface area contributed by atoms with Crippen LogP contribution < -0.4 is 4.74 Å². The lowest BCUT2D eigenvalue weighted by atomic mass is 10.0. The van der Waals surface area contributed by atoms with Crippen LogP contribution in [0.25, 0.3) is 11.0 Å². The largest absolute Gasteiger partial charge is 0.479 e. The van der Waals surface area contributed by atoms with Crippen LogP contribution in [0.15, 0.2) is 12.5 Å². The first-order chi connectivity index (χ1) is 14.1. The smallest absolute Gasteiger partial charge is 0.411 e. The van der Waals surface area contributed by atoms with Crippen molar-refractivity contribution in [3.05, 3.63) is 18.1 Å². The number of aliphatic hydroxyl groups is 1. The number of likely N-dealkylation sites (tertiary alicyclic amines) is 1. The number of ether oxygens (including phenoxy) is 4. The highest BCUT2D eigenvalue weighted by Crippen LogP contribution is 2.48. The number of aliphatic hydroxyl groups excluding tert-OH is 1. The molecular weight excluding hydrogens is 392 g/mol. The monoisotopic (exact) mass is 420 g/mol. The van der Waals surface area contributed by atoms with E-state index in [1.165, 1.54) is 18.3 Å². The standard InChI is InChI=1S/C20H28N4O6/c1-19(2,3)30-18(26)24-11(8-25)15-16(29-20(4,5)28-15)14(24)10-7-21-13-12(10)22-9-23-17(13)27-6/h7,9,11,14-16,21,25H,8H2,1-6H3/t11-,14+,15-,16+/m1/s1. The fourth-order valence-corrected chi connectivity index (χ4v) is 4.28. The fourth-order valence-electron chi connectivity index (χ4n) is 4.28. The molecule has 0 aromatic carbocycles. The molecule has 2 saturated heterocycles. The Morgan fingerprint density at radius 2 is 2.00 bits per heavy atom. The van der Waals surface area contributed by atoms with E-state index in [0.29, 0.717) is 22.5 Å². The predicted octanol–water partition coefficient (Wildman–Crippen LogP) is 2.14. The van der Waals surface area contributed by atoms with E-state index >= 15 is 0 Å². The van der Waals surface area contributed by atoms with Crippen LogP contribution in [0.2, 0.25) is 0 Å². The van der Waals surface area contributed by atoms with E-state index in [2.05, 4.69) is 15.0 Å². The van der Waals surface area contributed by atoms with E-state index in [1.807, 2.05) is 13.8 Å². The van der Waals surface area contributed by atoms with Gasteiger partial charge in [0.25, 0.3) is 0 Å². The van der Waals surface area contributed by atoms with Crippen molar-refractivity contribution < 1.29 is 28.8 Å². The molecule has 2 fully saturated rings. The van der Waals surface area contributed by atoms with Gasteiger partial charge in [0.2, 0.25) is 5.88 Å². The van der Waals surface area contributed by atoms with Gasteiger partial charge in [0.1, 0.15) is 35.2 Å². The van der Waals surface area contributed by atoms with Gasteiger partial charge in [-0.2, -0.15) is 4.98 Å². The molecule has 2 aromatic heterocycles. The lowest BCUT2D eigenvalue weighted by Crippen LogP contribution is -2.47. The highest BCUT2D eigenvalue weighted by atomic mass is 16.8. The molecule has 2 aliphatic heterocycles. The summed E-state index contributed by atoms with van der Waals surface area (Å²) in [7, 11) is 1.53. The van der Waals surface area contributed by atoms with Crippen molar-refractivity contribution in [2.45, 2.75) is 70.3 Å². The molecule has 10 nitrogen and oxygen atoms in total. The van der Waals surface area contributed by atoms with Gasteiger partial charge in [-0.1, -0.05) is 0 Å². The van der Waals surface area contributed by atoms with Gasteiger partial charge in [-0.15, -0.1) is 0 Å². The van der Waals surface area contributed by atoms with Gasteiger partial charge in [0, 0.05) is 11.8 Å². The van der Waals surface area contributed by atoms with Crippen molar-refractivity contribution in [3.8, 4) is 5.88 Å². The number of H-pyrrole nitrogens is 1. The minimum absolute atomic E-state index is 0.295. The lowest BCUT2D eigenvalue weighted by molar-refractivity contribution is -0.168. The van der Waals surface area contributed by atoms with Gasteiger partial charge in [0.05, 0.1) is 25.8 Å². The maximum absolute atomic E-state index is 13.2. The second kappa shape index (κ2) is 7.07. The molecule has 1 amide bonds. The van der Waals surface area contributed by atoms with Gasteiger partial charge in [-0.25, -0.2) is 9.78 Å². The van der Waals surface area contributed by atoms with Crippen LogP contribution in [-0.2, 0) is 14.2 Å². The van der Waals surface area contributed by atoms with Crippen LogP contribution in [0.3, 0.4) is 0 Å². The number of hydrogen-bond acceptors (Lipinski definition) is 8. The normalized spacial score (nSPS) is 28.0. The van der Waals surface area contributed by atoms with Crippen LogP contribution in [-0.4, -0.2) is 74.4 Å². The summed E-state index contributed by atoms with van der Waals surface area (Å²) < 4.78 is 23.2. The van der Waals surface area contributed by atoms with Crippen molar-refractivity contribution in [3.63, 3.8) is 0 Å². The first-order valence-electron chi connectivity index (χ1n) is 9.90. The summed E-state index contributed by atoms with van der Waals surface area (Å²) in [5, 5.41) is 10.2. The first kappa shape index (κ1) is 20.8. The average Bonchev–Trinajstić information content (AvgIpc) is 3.28. The quantitative estimate of drug-likeness (QED) is 0.775. The Bertz CT molecular complexity index is 952. The average molecular weight is 420 g/mol. The Morgan fingerprint density at radius 3 is 2.63 bits per heavy atom. The molecule has 164 valence electrons. The Morgan fingerprint density at radius 1 is 1.30 bits per heavy atom. The van der Waals surface area contributed by atoms with Gasteiger partial charge in [-0.3, -0.25) is 4.90 Å². The number of amides is 1. The summed E-state index contributed by atoms with van der Waals surface area (Å²) in [4.78, 5) is 26.4. The zero-order valence-corrected chi connectivity index (χ0v) is 18.0. The number of fused-ring (bicyclic) bond motifs is 2. The molecule has 4 heterocycles. The van der Waals surface area contributed by atoms with E-state index in [1.54, 1.807) is 27.0 Å². The van der Waals surface area contributed by atoms with Gasteiger partial charge < -0.3 is 29.0 Å². The van der Waals surface area contributed by atoms with Gasteiger partial charge in [-0.05, 0) is 34.6 Å². The third kappa shape index (κ3) is 3.38. The molecule has 0 bridgehead atoms. The maximum Gasteiger partial charge on any atom is 0.411 e. The Hall–Kier alpha value is -2.43. The van der Waals surface area contributed by atoms with Crippen molar-refractivity contribution in [2.24, 2.45) is 0 Å². The number of hydrogen-bond donors (Lipinski definition) is 2. The summed E-state index contributed by atoms with van der Waals surface area (Å²) in [6.45, 7) is 8.72. The molecule has 4 atom stereocenters. The predicted molar refractivity (Wildman–Crippen MR) is 106 cm³/mol. The van der Waals surface area contributed by atoms with Gasteiger partial charge in [0.15, 0.2) is 5.79 Å². The molecule has 0 spiro atoms. The molecule has 0 saturated carbocycles. The molecule has 30 heavy (non-hydrogen) atoms. The zero-order valence-electron chi connectivity index (χ0n) is 18.0. The summed E-state index contributed by atoms with van der Waals surface area (Å²) in [5.41, 5.74) is 1.22. The molecule has 0 radical (unpaired) electrons. The molecule has 2 N–H and O–H groups in total. The third-order valence-corrected chi connectivity index (χ3v) is 5.27. The SMILES string of the molecule is COc1ncnc2c([C@H]3[C@@H]4OC(C)(C)O[C@@H]4[C@@H](CO)N3C(=O)OC(C)(C)C)c[nH]c12. The fraction of sp³-hybridized carbons (Fsp3) is 0.650. The van der Waals surface area contributed by atoms with Crippen LogP contribution in [0.5, 0.6) is 5.88 Å². The summed E-state index contributed by atoms with van der Waals surface area (Å²) in [6, 6.07) is -1.22. The van der Waals surface area contributed by atoms with Crippen LogP contribution >= 0.6 is 0 Å². The minimum atomic E-state index is -0.847. The van der Waals surface area contributed by atoms with E-state index in [0.717, 1.165) is 0 Å². The number of carbonyl (C=O) groups excluding carboxylic acids is 1. The number of nitrogens with one attached hydrogen (secondary N) is 1. The molecule has 2 aromatic rings. The van der Waals surface area contributed by atoms with E-state index in [-0.39, 0.29) is 6.61 Å². The summed E-state index contributed by atoms with van der Waals surface area (Å²) in [6.07, 6.45) is 1.58. The third-order valence-electron chi connectivity index (χ3n) is 5.27. The number of rotatable bonds is 3. The second-order valence-electron chi connectivity index (χ2n) is 9.00. The van der Waals surface area contributed by atoms with Crippen LogP contribution in [0, 0.1) is 0 Å². The van der Waals surface area contributed by atoms with Crippen molar-refractivity contribution in [1.82, 2.24) is 19.9 Å². The van der Waals surface area contributed by atoms with E-state index in [9.17, 15) is 9.90 Å². The summed E-state index contributed by atoms with van der Waals surface area (Å²) in [5.74, 6) is -0.452. The van der Waals surface area contributed by atoms with E-state index in [4.69, 9.17) is 18.9 Å². The number of carbonyl (C=O) groups is 1. The van der Waals surface area contributed by atoms with Gasteiger partial charge >= 0.3 is 6.09 Å². The topological polar surface area (TPSA) is 119 Å². The number of methoxy groups -OCH3 is 1. The summed E-state index contributed by atoms with van der Waals surface area (Å²) >= 11 is 0. The highest BCUT2D eigenvalue weighted by Gasteiger charge is 2.60. The second-order valence-corrected chi connectivity index (χ2v) is 9.00. The molecular formula is C20H28N4O6. The van der Waals surface area contributed by atoms with Crippen molar-refractivity contribution >= 4 is 17.1 Å². The van der Waals surface area contributed by atoms with Crippen LogP contribution in [0.4, 0.5) is 4.79 Å². The molecule has 0 aliphatic carbocycles. The molecule has 0 unspecified atom stereocenters. The van der Waals surface area contributed by atoms with E-state index < -0.39 is 41.8 Å². The number of aromatic amines is 1. The Balaban J connectivity index is 1.84. The van der Waals surface area contributed by atoms with Crippen LogP contribution in [0.1, 0.15) is 46.2 Å².